The van der Waals surface area contributed by atoms with Gasteiger partial charge in [0.25, 0.3) is 5.91 Å². The van der Waals surface area contributed by atoms with Crippen molar-refractivity contribution in [1.82, 2.24) is 9.78 Å². The van der Waals surface area contributed by atoms with Gasteiger partial charge in [0.15, 0.2) is 11.6 Å². The van der Waals surface area contributed by atoms with Crippen LogP contribution in [0, 0.1) is 23.1 Å². The zero-order chi connectivity index (χ0) is 20.5. The van der Waals surface area contributed by atoms with Gasteiger partial charge in [-0.05, 0) is 18.5 Å². The highest BCUT2D eigenvalue weighted by Crippen LogP contribution is 2.33. The number of anilines is 2. The number of rotatable bonds is 4. The van der Waals surface area contributed by atoms with Gasteiger partial charge in [-0.25, -0.2) is 4.39 Å². The van der Waals surface area contributed by atoms with Gasteiger partial charge < -0.3 is 25.5 Å². The number of primary amides is 1. The summed E-state index contributed by atoms with van der Waals surface area (Å²) in [5.41, 5.74) is 6.31. The first kappa shape index (κ1) is 19.0. The van der Waals surface area contributed by atoms with Crippen LogP contribution >= 0.6 is 0 Å². The van der Waals surface area contributed by atoms with E-state index in [0.29, 0.717) is 24.3 Å². The van der Waals surface area contributed by atoms with Crippen LogP contribution in [0.5, 0.6) is 5.75 Å². The fourth-order valence-electron chi connectivity index (χ4n) is 3.39. The van der Waals surface area contributed by atoms with E-state index in [1.54, 1.807) is 6.07 Å². The second kappa shape index (κ2) is 7.58. The second-order valence-electron chi connectivity index (χ2n) is 6.77. The van der Waals surface area contributed by atoms with Crippen molar-refractivity contribution in [1.29, 1.82) is 5.26 Å². The highest BCUT2D eigenvalue weighted by atomic mass is 19.1. The van der Waals surface area contributed by atoms with E-state index >= 15 is 0 Å². The van der Waals surface area contributed by atoms with Gasteiger partial charge in [-0.3, -0.25) is 9.48 Å². The molecule has 2 aliphatic heterocycles. The summed E-state index contributed by atoms with van der Waals surface area (Å²) in [6, 6.07) is 4.63. The SMILES string of the molecule is N#CC1CCOC[C@@H]1n1cc(C(N)=O)c(Nc2cc(F)c3c(c2)C=CB(O)O3)n1. The number of ether oxygens (including phenoxy) is 1. The van der Waals surface area contributed by atoms with Crippen LogP contribution in [0.3, 0.4) is 0 Å². The highest BCUT2D eigenvalue weighted by molar-refractivity contribution is 6.51. The first-order valence-corrected chi connectivity index (χ1v) is 8.96. The molecule has 1 aromatic heterocycles. The minimum atomic E-state index is -1.21. The molecule has 9 nitrogen and oxygen atoms in total. The van der Waals surface area contributed by atoms with Gasteiger partial charge in [0, 0.05) is 30.1 Å². The van der Waals surface area contributed by atoms with Crippen LogP contribution in [-0.4, -0.2) is 41.0 Å². The fourth-order valence-corrected chi connectivity index (χ4v) is 3.39. The fraction of sp³-hybridized carbons (Fsp3) is 0.278. The van der Waals surface area contributed by atoms with E-state index < -0.39 is 18.8 Å². The molecule has 1 saturated heterocycles. The molecule has 148 valence electrons. The van der Waals surface area contributed by atoms with Crippen molar-refractivity contribution < 1.29 is 23.6 Å². The number of carbonyl (C=O) groups excluding carboxylic acids is 1. The molecule has 2 aromatic rings. The molecule has 1 unspecified atom stereocenters. The molecule has 1 fully saturated rings. The first-order chi connectivity index (χ1) is 14.0. The lowest BCUT2D eigenvalue weighted by atomic mass is 9.86. The predicted molar refractivity (Wildman–Crippen MR) is 102 cm³/mol. The van der Waals surface area contributed by atoms with Crippen LogP contribution in [0.2, 0.25) is 0 Å². The van der Waals surface area contributed by atoms with E-state index in [1.165, 1.54) is 22.9 Å². The summed E-state index contributed by atoms with van der Waals surface area (Å²) < 4.78 is 26.4. The van der Waals surface area contributed by atoms with Gasteiger partial charge in [0.05, 0.1) is 24.6 Å². The van der Waals surface area contributed by atoms with Crippen molar-refractivity contribution >= 4 is 30.6 Å². The van der Waals surface area contributed by atoms with Crippen molar-refractivity contribution in [3.05, 3.63) is 41.2 Å². The summed E-state index contributed by atoms with van der Waals surface area (Å²) in [6.07, 6.45) is 3.55. The van der Waals surface area contributed by atoms with Crippen molar-refractivity contribution in [3.8, 4) is 11.8 Å². The van der Waals surface area contributed by atoms with Gasteiger partial charge in [-0.1, -0.05) is 6.08 Å². The third kappa shape index (κ3) is 3.67. The number of nitrogens with zero attached hydrogens (tertiary/aromatic N) is 3. The number of fused-ring (bicyclic) bond motifs is 1. The summed E-state index contributed by atoms with van der Waals surface area (Å²) >= 11 is 0. The molecule has 0 spiro atoms. The highest BCUT2D eigenvalue weighted by Gasteiger charge is 2.30. The lowest BCUT2D eigenvalue weighted by molar-refractivity contribution is 0.0342. The average Bonchev–Trinajstić information content (AvgIpc) is 3.12. The van der Waals surface area contributed by atoms with Crippen LogP contribution < -0.4 is 15.7 Å². The summed E-state index contributed by atoms with van der Waals surface area (Å²) in [5, 5.41) is 26.1. The quantitative estimate of drug-likeness (QED) is 0.664. The number of nitriles is 1. The normalized spacial score (nSPS) is 20.5. The molecule has 11 heteroatoms. The summed E-state index contributed by atoms with van der Waals surface area (Å²) in [5.74, 6) is -0.262. The average molecular weight is 397 g/mol. The maximum absolute atomic E-state index is 14.4. The minimum Gasteiger partial charge on any atom is -0.530 e. The molecule has 29 heavy (non-hydrogen) atoms. The number of nitrogens with two attached hydrogens (primary N) is 1. The molecular weight excluding hydrogens is 380 g/mol. The zero-order valence-corrected chi connectivity index (χ0v) is 15.2. The van der Waals surface area contributed by atoms with E-state index in [-0.39, 0.29) is 35.7 Å². The maximum Gasteiger partial charge on any atom is 0.552 e. The number of benzene rings is 1. The van der Waals surface area contributed by atoms with E-state index in [9.17, 15) is 19.5 Å². The van der Waals surface area contributed by atoms with Crippen molar-refractivity contribution in [2.24, 2.45) is 11.7 Å². The molecule has 0 saturated carbocycles. The van der Waals surface area contributed by atoms with Crippen molar-refractivity contribution in [2.75, 3.05) is 18.5 Å². The molecule has 4 N–H and O–H groups in total. The minimum absolute atomic E-state index is 0.0672. The third-order valence-corrected chi connectivity index (χ3v) is 4.84. The topological polar surface area (TPSA) is 135 Å². The number of amides is 1. The number of halogens is 1. The monoisotopic (exact) mass is 397 g/mol. The number of nitrogens with one attached hydrogen (secondary N) is 1. The molecule has 1 aromatic carbocycles. The van der Waals surface area contributed by atoms with E-state index in [1.807, 2.05) is 0 Å². The van der Waals surface area contributed by atoms with Crippen LogP contribution in [-0.2, 0) is 4.74 Å². The Balaban J connectivity index is 1.67. The van der Waals surface area contributed by atoms with E-state index in [4.69, 9.17) is 15.1 Å². The number of hydrogen-bond acceptors (Lipinski definition) is 7. The Bertz CT molecular complexity index is 1030. The summed E-state index contributed by atoms with van der Waals surface area (Å²) in [6.45, 7) is 0.776. The van der Waals surface area contributed by atoms with Crippen LogP contribution in [0.4, 0.5) is 15.9 Å². The number of carbonyl (C=O) groups is 1. The van der Waals surface area contributed by atoms with Gasteiger partial charge in [0.1, 0.15) is 11.3 Å². The molecule has 3 heterocycles. The Morgan fingerprint density at radius 1 is 1.52 bits per heavy atom. The third-order valence-electron chi connectivity index (χ3n) is 4.84. The predicted octanol–water partition coefficient (Wildman–Crippen LogP) is 1.39. The lowest BCUT2D eigenvalue weighted by Crippen LogP contribution is -2.29. The number of aromatic nitrogens is 2. The zero-order valence-electron chi connectivity index (χ0n) is 15.2. The smallest absolute Gasteiger partial charge is 0.530 e. The van der Waals surface area contributed by atoms with Gasteiger partial charge in [0.2, 0.25) is 0 Å². The van der Waals surface area contributed by atoms with E-state index in [0.717, 1.165) is 6.07 Å². The Kier molecular flexibility index (Phi) is 4.96. The molecule has 2 aliphatic rings. The van der Waals surface area contributed by atoms with Gasteiger partial charge in [-0.15, -0.1) is 0 Å². The van der Waals surface area contributed by atoms with Crippen LogP contribution in [0.25, 0.3) is 6.08 Å². The Hall–Kier alpha value is -3.36. The second-order valence-corrected chi connectivity index (χ2v) is 6.77. The van der Waals surface area contributed by atoms with E-state index in [2.05, 4.69) is 16.5 Å². The van der Waals surface area contributed by atoms with Crippen LogP contribution in [0.1, 0.15) is 28.4 Å². The van der Waals surface area contributed by atoms with Gasteiger partial charge in [-0.2, -0.15) is 10.4 Å². The molecule has 0 aliphatic carbocycles. The van der Waals surface area contributed by atoms with Crippen molar-refractivity contribution in [3.63, 3.8) is 0 Å². The summed E-state index contributed by atoms with van der Waals surface area (Å²) in [4.78, 5) is 11.9. The Labute approximate surface area is 165 Å². The van der Waals surface area contributed by atoms with Crippen LogP contribution in [0.15, 0.2) is 24.3 Å². The Morgan fingerprint density at radius 2 is 2.34 bits per heavy atom. The maximum atomic E-state index is 14.4. The standard InChI is InChI=1S/C18H17BFN5O4/c20-14-6-12(5-10-1-3-19(27)29-16(10)14)23-18-13(17(22)26)8-25(24-18)15-9-28-4-2-11(15)7-21/h1,3,5-6,8,11,15,27H,2,4,9H2,(H2,22,26)(H,23,24)/t11?,15-/m0/s1. The number of hydrogen-bond donors (Lipinski definition) is 3. The van der Waals surface area contributed by atoms with Crippen molar-refractivity contribution in [2.45, 2.75) is 12.5 Å². The first-order valence-electron chi connectivity index (χ1n) is 8.96. The molecule has 1 amide bonds. The molecular formula is C18H17BFN5O4. The largest absolute Gasteiger partial charge is 0.552 e. The molecule has 2 atom stereocenters. The Morgan fingerprint density at radius 3 is 3.10 bits per heavy atom. The molecule has 0 radical (unpaired) electrons. The lowest BCUT2D eigenvalue weighted by Gasteiger charge is -2.26. The molecule has 4 rings (SSSR count). The molecule has 0 bridgehead atoms. The van der Waals surface area contributed by atoms with Gasteiger partial charge >= 0.3 is 7.12 Å². The summed E-state index contributed by atoms with van der Waals surface area (Å²) in [7, 11) is -1.21.